The smallest absolute Gasteiger partial charge is 0.0195 e. The fourth-order valence-electron chi connectivity index (χ4n) is 0.478. The molecule has 0 aromatic heterocycles. The minimum Gasteiger partial charge on any atom is -0.333 e. The first-order valence-electron chi connectivity index (χ1n) is 4.00. The van der Waals surface area contributed by atoms with Gasteiger partial charge in [0, 0.05) is 0 Å². The van der Waals surface area contributed by atoms with Crippen molar-refractivity contribution in [2.75, 3.05) is 21.1 Å². The zero-order valence-corrected chi connectivity index (χ0v) is 8.83. The molecule has 0 unspecified atom stereocenters. The molecule has 0 heterocycles. The third-order valence-electron chi connectivity index (χ3n) is 0.843. The summed E-state index contributed by atoms with van der Waals surface area (Å²) in [5.41, 5.74) is 14.6. The van der Waals surface area contributed by atoms with E-state index >= 15 is 0 Å². The van der Waals surface area contributed by atoms with Crippen molar-refractivity contribution in [2.45, 2.75) is 0 Å². The zero-order valence-electron chi connectivity index (χ0n) is 8.83. The van der Waals surface area contributed by atoms with Crippen molar-refractivity contribution in [3.05, 3.63) is 42.8 Å². The van der Waals surface area contributed by atoms with Crippen molar-refractivity contribution in [2.24, 2.45) is 17.2 Å². The summed E-state index contributed by atoms with van der Waals surface area (Å²) >= 11 is 0. The Morgan fingerprint density at radius 1 is 0.769 bits per heavy atom. The molecule has 13 heavy (non-hydrogen) atoms. The van der Waals surface area contributed by atoms with E-state index in [1.165, 1.54) is 21.1 Å². The molecule has 0 bridgehead atoms. The lowest BCUT2D eigenvalue weighted by atomic mass is 10.2. The number of benzene rings is 1. The van der Waals surface area contributed by atoms with Crippen LogP contribution < -0.4 is 17.2 Å². The minimum absolute atomic E-state index is 1.07. The van der Waals surface area contributed by atoms with Crippen molar-refractivity contribution >= 4 is 0 Å². The summed E-state index contributed by atoms with van der Waals surface area (Å²) < 4.78 is 0. The lowest BCUT2D eigenvalue weighted by molar-refractivity contribution is 1.48. The van der Waals surface area contributed by atoms with Crippen LogP contribution in [0.15, 0.2) is 30.3 Å². The second-order valence-electron chi connectivity index (χ2n) is 1.49. The highest BCUT2D eigenvalue weighted by atomic mass is 14.4. The molecule has 0 atom stereocenters. The van der Waals surface area contributed by atoms with Crippen LogP contribution in [-0.4, -0.2) is 21.1 Å². The lowest BCUT2D eigenvalue weighted by Gasteiger charge is -1.82. The Labute approximate surface area is 81.9 Å². The third kappa shape index (κ3) is 18.2. The molecule has 0 aliphatic rings. The molecule has 3 nitrogen and oxygen atoms in total. The van der Waals surface area contributed by atoms with Crippen LogP contribution in [0.3, 0.4) is 0 Å². The minimum atomic E-state index is 1.07. The highest BCUT2D eigenvalue weighted by Crippen LogP contribution is 1.92. The molecule has 0 aliphatic heterocycles. The van der Waals surface area contributed by atoms with Gasteiger partial charge in [0.25, 0.3) is 0 Å². The van der Waals surface area contributed by atoms with Crippen LogP contribution >= 0.6 is 0 Å². The zero-order chi connectivity index (χ0) is 11.1. The van der Waals surface area contributed by atoms with E-state index in [-0.39, 0.29) is 0 Å². The Bertz CT molecular complexity index is 140. The van der Waals surface area contributed by atoms with Crippen molar-refractivity contribution in [1.29, 1.82) is 0 Å². The first-order valence-corrected chi connectivity index (χ1v) is 4.00. The number of hydrogen-bond donors (Lipinski definition) is 3. The summed E-state index contributed by atoms with van der Waals surface area (Å²) in [4.78, 5) is 0. The Balaban J connectivity index is -0.000000144. The Morgan fingerprint density at radius 2 is 1.08 bits per heavy atom. The molecule has 0 amide bonds. The average molecular weight is 184 g/mol. The van der Waals surface area contributed by atoms with E-state index in [1.54, 1.807) is 0 Å². The Morgan fingerprint density at radius 3 is 1.23 bits per heavy atom. The van der Waals surface area contributed by atoms with E-state index in [2.05, 4.69) is 24.1 Å². The van der Waals surface area contributed by atoms with E-state index in [4.69, 9.17) is 0 Å². The third-order valence-corrected chi connectivity index (χ3v) is 0.843. The van der Waals surface area contributed by atoms with Crippen molar-refractivity contribution in [3.8, 4) is 0 Å². The second-order valence-corrected chi connectivity index (χ2v) is 1.49. The lowest BCUT2D eigenvalue weighted by Crippen LogP contribution is -1.69. The molecule has 1 radical (unpaired) electrons. The molecular formula is C10H22N3. The molecule has 3 heteroatoms. The molecule has 77 valence electrons. The van der Waals surface area contributed by atoms with E-state index in [0.717, 1.165) is 5.56 Å². The number of rotatable bonds is 0. The molecule has 6 N–H and O–H groups in total. The maximum absolute atomic E-state index is 4.50. The average Bonchev–Trinajstić information content (AvgIpc) is 2.28. The van der Waals surface area contributed by atoms with E-state index < -0.39 is 0 Å². The highest BCUT2D eigenvalue weighted by Gasteiger charge is 1.72. The maximum atomic E-state index is 4.50. The summed E-state index contributed by atoms with van der Waals surface area (Å²) in [6, 6.07) is 9.87. The predicted octanol–water partition coefficient (Wildman–Crippen LogP) is 0.593. The molecule has 0 saturated carbocycles. The van der Waals surface area contributed by atoms with Crippen LogP contribution in [0.25, 0.3) is 0 Å². The number of nitrogens with two attached hydrogens (primary N) is 3. The topological polar surface area (TPSA) is 78.1 Å². The Kier molecular flexibility index (Phi) is 31.1. The summed E-state index contributed by atoms with van der Waals surface area (Å²) in [6.45, 7) is 3.72. The van der Waals surface area contributed by atoms with E-state index in [9.17, 15) is 0 Å². The van der Waals surface area contributed by atoms with Crippen LogP contribution in [0.2, 0.25) is 0 Å². The fourth-order valence-corrected chi connectivity index (χ4v) is 0.478. The van der Waals surface area contributed by atoms with Crippen molar-refractivity contribution in [3.63, 3.8) is 0 Å². The van der Waals surface area contributed by atoms with Crippen LogP contribution in [0.1, 0.15) is 5.56 Å². The van der Waals surface area contributed by atoms with Gasteiger partial charge < -0.3 is 17.2 Å². The molecule has 1 aromatic carbocycles. The van der Waals surface area contributed by atoms with Gasteiger partial charge in [0.05, 0.1) is 0 Å². The maximum Gasteiger partial charge on any atom is -0.0195 e. The Hall–Kier alpha value is -0.900. The first kappa shape index (κ1) is 18.0. The SMILES string of the molecule is CN.CN.CN.[CH2]c1ccccc1. The number of hydrogen-bond acceptors (Lipinski definition) is 3. The van der Waals surface area contributed by atoms with Crippen LogP contribution in [-0.2, 0) is 0 Å². The highest BCUT2D eigenvalue weighted by molar-refractivity contribution is 5.16. The van der Waals surface area contributed by atoms with Crippen LogP contribution in [0.4, 0.5) is 0 Å². The van der Waals surface area contributed by atoms with Crippen molar-refractivity contribution < 1.29 is 0 Å². The van der Waals surface area contributed by atoms with E-state index in [0.29, 0.717) is 0 Å². The van der Waals surface area contributed by atoms with Crippen molar-refractivity contribution in [1.82, 2.24) is 0 Å². The quantitative estimate of drug-likeness (QED) is 0.552. The van der Waals surface area contributed by atoms with Gasteiger partial charge >= 0.3 is 0 Å². The summed E-state index contributed by atoms with van der Waals surface area (Å²) in [6.07, 6.45) is 0. The summed E-state index contributed by atoms with van der Waals surface area (Å²) in [5, 5.41) is 0. The molecule has 0 spiro atoms. The van der Waals surface area contributed by atoms with Gasteiger partial charge in [-0.2, -0.15) is 0 Å². The molecule has 0 aliphatic carbocycles. The summed E-state index contributed by atoms with van der Waals surface area (Å²) in [7, 11) is 4.50. The first-order chi connectivity index (χ1) is 6.39. The van der Waals surface area contributed by atoms with Crippen LogP contribution in [0, 0.1) is 6.92 Å². The second kappa shape index (κ2) is 22.5. The van der Waals surface area contributed by atoms with Gasteiger partial charge in [-0.1, -0.05) is 30.3 Å². The molecule has 0 fully saturated rings. The monoisotopic (exact) mass is 184 g/mol. The normalized spacial score (nSPS) is 6.08. The van der Waals surface area contributed by atoms with Gasteiger partial charge in [0.2, 0.25) is 0 Å². The molecular weight excluding hydrogens is 162 g/mol. The predicted molar refractivity (Wildman–Crippen MR) is 61.2 cm³/mol. The molecule has 0 saturated heterocycles. The van der Waals surface area contributed by atoms with Crippen LogP contribution in [0.5, 0.6) is 0 Å². The van der Waals surface area contributed by atoms with Gasteiger partial charge in [0.1, 0.15) is 0 Å². The van der Waals surface area contributed by atoms with Gasteiger partial charge in [-0.15, -0.1) is 0 Å². The summed E-state index contributed by atoms with van der Waals surface area (Å²) in [5.74, 6) is 0. The molecule has 1 rings (SSSR count). The standard InChI is InChI=1S/C7H7.3CH5N/c1-7-5-3-2-4-6-7;3*1-2/h2-6H,1H2;3*2H2,1H3. The largest absolute Gasteiger partial charge is 0.333 e. The van der Waals surface area contributed by atoms with Gasteiger partial charge in [0.15, 0.2) is 0 Å². The van der Waals surface area contributed by atoms with E-state index in [1.807, 2.05) is 30.3 Å². The fraction of sp³-hybridized carbons (Fsp3) is 0.300. The van der Waals surface area contributed by atoms with Gasteiger partial charge in [-0.05, 0) is 33.6 Å². The molecule has 1 aromatic rings. The van der Waals surface area contributed by atoms with Gasteiger partial charge in [-0.25, -0.2) is 0 Å². The van der Waals surface area contributed by atoms with Gasteiger partial charge in [-0.3, -0.25) is 0 Å².